The zero-order valence-electron chi connectivity index (χ0n) is 17.1. The Balaban J connectivity index is 2.17. The highest BCUT2D eigenvalue weighted by Gasteiger charge is 2.24. The van der Waals surface area contributed by atoms with Crippen molar-refractivity contribution < 1.29 is 27.5 Å². The van der Waals surface area contributed by atoms with E-state index in [1.165, 1.54) is 25.3 Å². The maximum Gasteiger partial charge on any atom is 0.338 e. The summed E-state index contributed by atoms with van der Waals surface area (Å²) in [7, 11) is -2.32. The van der Waals surface area contributed by atoms with Gasteiger partial charge in [-0.15, -0.1) is 0 Å². The van der Waals surface area contributed by atoms with E-state index < -0.39 is 33.9 Å². The molecule has 0 aliphatic rings. The number of rotatable bonds is 7. The predicted octanol–water partition coefficient (Wildman–Crippen LogP) is 3.12. The molecule has 156 valence electrons. The summed E-state index contributed by atoms with van der Waals surface area (Å²) in [4.78, 5) is 24.7. The molecular formula is C21H25NO6S. The minimum Gasteiger partial charge on any atom is -0.497 e. The third-order valence-electron chi connectivity index (χ3n) is 3.91. The summed E-state index contributed by atoms with van der Waals surface area (Å²) >= 11 is 0. The first-order chi connectivity index (χ1) is 13.4. The summed E-state index contributed by atoms with van der Waals surface area (Å²) in [5.41, 5.74) is 0.298. The number of hydrogen-bond donors (Lipinski definition) is 1. The number of Topliss-reactive ketones (excluding diaryl/α,β-unsaturated/α-hetero) is 1. The lowest BCUT2D eigenvalue weighted by molar-refractivity contribution is 0.0473. The molecule has 0 radical (unpaired) electrons. The Hall–Kier alpha value is -2.71. The van der Waals surface area contributed by atoms with Crippen LogP contribution in [0.3, 0.4) is 0 Å². The lowest BCUT2D eigenvalue weighted by Gasteiger charge is -2.20. The molecule has 0 spiro atoms. The van der Waals surface area contributed by atoms with E-state index in [1.54, 1.807) is 52.0 Å². The molecule has 1 N–H and O–H groups in total. The van der Waals surface area contributed by atoms with Crippen LogP contribution < -0.4 is 9.46 Å². The summed E-state index contributed by atoms with van der Waals surface area (Å²) in [6.45, 7) is 6.35. The van der Waals surface area contributed by atoms with E-state index in [-0.39, 0.29) is 10.5 Å². The summed E-state index contributed by atoms with van der Waals surface area (Å²) in [6.07, 6.45) is 0. The molecule has 2 rings (SSSR count). The quantitative estimate of drug-likeness (QED) is 0.547. The molecule has 0 heterocycles. The Labute approximate surface area is 171 Å². The lowest BCUT2D eigenvalue weighted by Crippen LogP contribution is -2.40. The molecule has 0 bridgehead atoms. The number of esters is 1. The van der Waals surface area contributed by atoms with Gasteiger partial charge in [0.25, 0.3) is 0 Å². The highest BCUT2D eigenvalue weighted by molar-refractivity contribution is 7.89. The van der Waals surface area contributed by atoms with Crippen molar-refractivity contribution in [3.05, 3.63) is 59.2 Å². The monoisotopic (exact) mass is 419 g/mol. The van der Waals surface area contributed by atoms with Crippen LogP contribution in [0, 0.1) is 6.92 Å². The van der Waals surface area contributed by atoms with E-state index in [0.717, 1.165) is 0 Å². The van der Waals surface area contributed by atoms with E-state index in [0.29, 0.717) is 16.9 Å². The minimum atomic E-state index is -3.81. The van der Waals surface area contributed by atoms with E-state index >= 15 is 0 Å². The number of sulfonamides is 1. The van der Waals surface area contributed by atoms with E-state index in [2.05, 4.69) is 4.72 Å². The van der Waals surface area contributed by atoms with Gasteiger partial charge in [-0.2, -0.15) is 0 Å². The van der Waals surface area contributed by atoms with Crippen LogP contribution in [0.2, 0.25) is 0 Å². The number of aryl methyl sites for hydroxylation is 1. The number of hydrogen-bond acceptors (Lipinski definition) is 6. The van der Waals surface area contributed by atoms with Gasteiger partial charge in [0, 0.05) is 11.1 Å². The molecule has 0 atom stereocenters. The molecule has 2 aromatic rings. The van der Waals surface area contributed by atoms with Crippen LogP contribution in [0.15, 0.2) is 47.4 Å². The molecule has 8 heteroatoms. The molecule has 0 fully saturated rings. The van der Waals surface area contributed by atoms with Crippen LogP contribution in [0.1, 0.15) is 47.1 Å². The van der Waals surface area contributed by atoms with Gasteiger partial charge in [-0.1, -0.05) is 18.2 Å². The molecule has 0 saturated carbocycles. The largest absolute Gasteiger partial charge is 0.497 e. The smallest absolute Gasteiger partial charge is 0.338 e. The third kappa shape index (κ3) is 6.13. The SMILES string of the molecule is COc1cccc(C(=O)COC(=O)c2cc(S(=O)(=O)NC(C)(C)C)ccc2C)c1. The highest BCUT2D eigenvalue weighted by atomic mass is 32.2. The molecule has 0 unspecified atom stereocenters. The van der Waals surface area contributed by atoms with Gasteiger partial charge in [0.2, 0.25) is 10.0 Å². The van der Waals surface area contributed by atoms with Crippen LogP contribution >= 0.6 is 0 Å². The Bertz CT molecular complexity index is 1020. The first-order valence-electron chi connectivity index (χ1n) is 8.92. The highest BCUT2D eigenvalue weighted by Crippen LogP contribution is 2.19. The average Bonchev–Trinajstić information content (AvgIpc) is 2.64. The van der Waals surface area contributed by atoms with Crippen molar-refractivity contribution in [3.63, 3.8) is 0 Å². The van der Waals surface area contributed by atoms with E-state index in [9.17, 15) is 18.0 Å². The molecule has 29 heavy (non-hydrogen) atoms. The second kappa shape index (κ2) is 8.75. The van der Waals surface area contributed by atoms with Crippen LogP contribution in [0.25, 0.3) is 0 Å². The van der Waals surface area contributed by atoms with Gasteiger partial charge >= 0.3 is 5.97 Å². The topological polar surface area (TPSA) is 98.8 Å². The summed E-state index contributed by atoms with van der Waals surface area (Å²) in [6, 6.07) is 10.7. The molecule has 0 aliphatic carbocycles. The number of nitrogens with one attached hydrogen (secondary N) is 1. The normalized spacial score (nSPS) is 11.8. The first-order valence-corrected chi connectivity index (χ1v) is 10.4. The van der Waals surface area contributed by atoms with Crippen molar-refractivity contribution in [1.82, 2.24) is 4.72 Å². The Morgan fingerprint density at radius 3 is 2.38 bits per heavy atom. The lowest BCUT2D eigenvalue weighted by atomic mass is 10.1. The molecule has 0 aromatic heterocycles. The van der Waals surface area contributed by atoms with E-state index in [4.69, 9.17) is 9.47 Å². The molecule has 7 nitrogen and oxygen atoms in total. The maximum absolute atomic E-state index is 12.5. The van der Waals surface area contributed by atoms with Crippen LogP contribution in [0.4, 0.5) is 0 Å². The molecule has 0 saturated heterocycles. The van der Waals surface area contributed by atoms with Crippen molar-refractivity contribution in [2.45, 2.75) is 38.1 Å². The van der Waals surface area contributed by atoms with Crippen LogP contribution in [0.5, 0.6) is 5.75 Å². The fourth-order valence-corrected chi connectivity index (χ4v) is 3.98. The Morgan fingerprint density at radius 1 is 1.07 bits per heavy atom. The molecule has 0 amide bonds. The zero-order valence-corrected chi connectivity index (χ0v) is 17.9. The number of ketones is 1. The standard InChI is InChI=1S/C21H25NO6S/c1-14-9-10-17(29(25,26)22-21(2,3)4)12-18(14)20(24)28-13-19(23)15-7-6-8-16(11-15)27-5/h6-12,22H,13H2,1-5H3. The van der Waals surface area contributed by atoms with Gasteiger partial charge in [0.15, 0.2) is 12.4 Å². The Kier molecular flexibility index (Phi) is 6.81. The van der Waals surface area contributed by atoms with Crippen molar-refractivity contribution >= 4 is 21.8 Å². The Morgan fingerprint density at radius 2 is 1.76 bits per heavy atom. The van der Waals surface area contributed by atoms with Gasteiger partial charge in [-0.05, 0) is 57.5 Å². The van der Waals surface area contributed by atoms with E-state index in [1.807, 2.05) is 0 Å². The second-order valence-electron chi connectivity index (χ2n) is 7.56. The van der Waals surface area contributed by atoms with Crippen molar-refractivity contribution in [1.29, 1.82) is 0 Å². The number of carbonyl (C=O) groups excluding carboxylic acids is 2. The van der Waals surface area contributed by atoms with Gasteiger partial charge in [0.05, 0.1) is 17.6 Å². The zero-order chi connectivity index (χ0) is 21.8. The van der Waals surface area contributed by atoms with Gasteiger partial charge < -0.3 is 9.47 Å². The van der Waals surface area contributed by atoms with Crippen LogP contribution in [-0.2, 0) is 14.8 Å². The first kappa shape index (κ1) is 22.6. The summed E-state index contributed by atoms with van der Waals surface area (Å²) in [5, 5.41) is 0. The maximum atomic E-state index is 12.5. The van der Waals surface area contributed by atoms with Crippen molar-refractivity contribution in [3.8, 4) is 5.75 Å². The van der Waals surface area contributed by atoms with Crippen molar-refractivity contribution in [2.75, 3.05) is 13.7 Å². The molecule has 0 aliphatic heterocycles. The second-order valence-corrected chi connectivity index (χ2v) is 9.25. The third-order valence-corrected chi connectivity index (χ3v) is 5.66. The number of methoxy groups -OCH3 is 1. The van der Waals surface area contributed by atoms with Crippen molar-refractivity contribution in [2.24, 2.45) is 0 Å². The minimum absolute atomic E-state index is 0.0518. The summed E-state index contributed by atoms with van der Waals surface area (Å²) < 4.78 is 37.8. The average molecular weight is 419 g/mol. The molecular weight excluding hydrogens is 394 g/mol. The number of benzene rings is 2. The summed E-state index contributed by atoms with van der Waals surface area (Å²) in [5.74, 6) is -0.651. The van der Waals surface area contributed by atoms with Gasteiger partial charge in [0.1, 0.15) is 5.75 Å². The number of carbonyl (C=O) groups is 2. The predicted molar refractivity (Wildman–Crippen MR) is 109 cm³/mol. The van der Waals surface area contributed by atoms with Gasteiger partial charge in [-0.3, -0.25) is 4.79 Å². The fourth-order valence-electron chi connectivity index (χ4n) is 2.54. The van der Waals surface area contributed by atoms with Gasteiger partial charge in [-0.25, -0.2) is 17.9 Å². The number of ether oxygens (including phenoxy) is 2. The van der Waals surface area contributed by atoms with Crippen LogP contribution in [-0.4, -0.2) is 39.4 Å². The fraction of sp³-hybridized carbons (Fsp3) is 0.333. The molecule has 2 aromatic carbocycles.